The van der Waals surface area contributed by atoms with Crippen LogP contribution in [0.15, 0.2) is 52.3 Å². The van der Waals surface area contributed by atoms with Gasteiger partial charge in [0.2, 0.25) is 5.91 Å². The van der Waals surface area contributed by atoms with Crippen molar-refractivity contribution in [2.45, 2.75) is 23.6 Å². The summed E-state index contributed by atoms with van der Waals surface area (Å²) in [6, 6.07) is 13.2. The maximum Gasteiger partial charge on any atom is 0.259 e. The monoisotopic (exact) mass is 312 g/mol. The minimum atomic E-state index is -0.109. The first-order valence-electron chi connectivity index (χ1n) is 7.10. The first kappa shape index (κ1) is 14.7. The van der Waals surface area contributed by atoms with Crippen LogP contribution in [0.3, 0.4) is 0 Å². The van der Waals surface area contributed by atoms with Gasteiger partial charge in [-0.25, -0.2) is 0 Å². The first-order chi connectivity index (χ1) is 10.6. The Morgan fingerprint density at radius 2 is 1.95 bits per heavy atom. The van der Waals surface area contributed by atoms with Crippen LogP contribution in [0.1, 0.15) is 24.2 Å². The van der Waals surface area contributed by atoms with Crippen molar-refractivity contribution in [3.8, 4) is 0 Å². The third kappa shape index (κ3) is 2.60. The summed E-state index contributed by atoms with van der Waals surface area (Å²) in [6.45, 7) is 4.04. The van der Waals surface area contributed by atoms with E-state index >= 15 is 0 Å². The van der Waals surface area contributed by atoms with E-state index in [1.165, 1.54) is 6.92 Å². The summed E-state index contributed by atoms with van der Waals surface area (Å²) in [5, 5.41) is 2.79. The zero-order valence-corrected chi connectivity index (χ0v) is 13.2. The molecule has 2 amide bonds. The lowest BCUT2D eigenvalue weighted by Crippen LogP contribution is -2.30. The lowest BCUT2D eigenvalue weighted by atomic mass is 10.1. The van der Waals surface area contributed by atoms with Gasteiger partial charge in [0.05, 0.1) is 11.3 Å². The predicted molar refractivity (Wildman–Crippen MR) is 88.7 cm³/mol. The Bertz CT molecular complexity index is 758. The van der Waals surface area contributed by atoms with Gasteiger partial charge < -0.3 is 10.2 Å². The number of anilines is 2. The van der Waals surface area contributed by atoms with Crippen molar-refractivity contribution >= 4 is 35.0 Å². The minimum absolute atomic E-state index is 0.0108. The van der Waals surface area contributed by atoms with Crippen molar-refractivity contribution in [2.75, 3.05) is 16.8 Å². The van der Waals surface area contributed by atoms with Crippen molar-refractivity contribution < 1.29 is 9.59 Å². The van der Waals surface area contributed by atoms with Crippen LogP contribution in [-0.4, -0.2) is 18.4 Å². The fourth-order valence-corrected chi connectivity index (χ4v) is 3.64. The normalized spacial score (nSPS) is 13.2. The maximum atomic E-state index is 12.7. The molecule has 0 saturated heterocycles. The molecule has 1 aliphatic heterocycles. The van der Waals surface area contributed by atoms with Crippen molar-refractivity contribution in [1.82, 2.24) is 0 Å². The van der Waals surface area contributed by atoms with E-state index in [0.717, 1.165) is 21.2 Å². The highest BCUT2D eigenvalue weighted by Crippen LogP contribution is 2.42. The highest BCUT2D eigenvalue weighted by Gasteiger charge is 2.26. The average Bonchev–Trinajstić information content (AvgIpc) is 2.60. The molecule has 0 saturated carbocycles. The van der Waals surface area contributed by atoms with E-state index in [1.807, 2.05) is 49.4 Å². The third-order valence-electron chi connectivity index (χ3n) is 3.47. The zero-order chi connectivity index (χ0) is 15.7. The lowest BCUT2D eigenvalue weighted by Gasteiger charge is -2.21. The lowest BCUT2D eigenvalue weighted by molar-refractivity contribution is -0.114. The molecule has 1 N–H and O–H groups in total. The second-order valence-corrected chi connectivity index (χ2v) is 6.10. The molecule has 112 valence electrons. The van der Waals surface area contributed by atoms with Crippen LogP contribution in [0.25, 0.3) is 0 Å². The van der Waals surface area contributed by atoms with Crippen LogP contribution >= 0.6 is 11.8 Å². The number of fused-ring (bicyclic) bond motifs is 2. The predicted octanol–water partition coefficient (Wildman–Crippen LogP) is 3.78. The molecule has 0 aromatic heterocycles. The third-order valence-corrected chi connectivity index (χ3v) is 4.59. The molecular formula is C17H16N2O2S. The van der Waals surface area contributed by atoms with Gasteiger partial charge in [-0.2, -0.15) is 0 Å². The van der Waals surface area contributed by atoms with Crippen LogP contribution in [0.2, 0.25) is 0 Å². The highest BCUT2D eigenvalue weighted by atomic mass is 32.2. The molecule has 1 heterocycles. The van der Waals surface area contributed by atoms with E-state index in [9.17, 15) is 9.59 Å². The summed E-state index contributed by atoms with van der Waals surface area (Å²) in [5.41, 5.74) is 2.33. The van der Waals surface area contributed by atoms with Gasteiger partial charge in [0, 0.05) is 28.9 Å². The van der Waals surface area contributed by atoms with Gasteiger partial charge in [0.1, 0.15) is 0 Å². The molecule has 5 heteroatoms. The molecule has 0 atom stereocenters. The quantitative estimate of drug-likeness (QED) is 0.918. The van der Waals surface area contributed by atoms with Gasteiger partial charge in [0.25, 0.3) is 5.91 Å². The molecule has 0 bridgehead atoms. The second kappa shape index (κ2) is 5.85. The summed E-state index contributed by atoms with van der Waals surface area (Å²) < 4.78 is 0. The number of rotatable bonds is 2. The van der Waals surface area contributed by atoms with Crippen LogP contribution < -0.4 is 10.2 Å². The van der Waals surface area contributed by atoms with E-state index in [1.54, 1.807) is 16.7 Å². The molecule has 0 spiro atoms. The summed E-state index contributed by atoms with van der Waals surface area (Å²) in [4.78, 5) is 27.6. The van der Waals surface area contributed by atoms with E-state index in [0.29, 0.717) is 12.1 Å². The molecule has 2 aromatic rings. The topological polar surface area (TPSA) is 49.4 Å². The van der Waals surface area contributed by atoms with Crippen molar-refractivity contribution in [2.24, 2.45) is 0 Å². The first-order valence-corrected chi connectivity index (χ1v) is 7.92. The second-order valence-electron chi connectivity index (χ2n) is 5.01. The zero-order valence-electron chi connectivity index (χ0n) is 12.4. The van der Waals surface area contributed by atoms with E-state index in [2.05, 4.69) is 5.32 Å². The fourth-order valence-electron chi connectivity index (χ4n) is 2.52. The Kier molecular flexibility index (Phi) is 3.90. The van der Waals surface area contributed by atoms with E-state index in [4.69, 9.17) is 0 Å². The van der Waals surface area contributed by atoms with E-state index < -0.39 is 0 Å². The largest absolute Gasteiger partial charge is 0.326 e. The van der Waals surface area contributed by atoms with Crippen LogP contribution in [0, 0.1) is 0 Å². The molecule has 0 fully saturated rings. The number of hydrogen-bond acceptors (Lipinski definition) is 3. The number of carbonyl (C=O) groups excluding carboxylic acids is 2. The van der Waals surface area contributed by atoms with Gasteiger partial charge in [-0.1, -0.05) is 23.9 Å². The average molecular weight is 312 g/mol. The van der Waals surface area contributed by atoms with Gasteiger partial charge in [-0.05, 0) is 37.3 Å². The molecule has 22 heavy (non-hydrogen) atoms. The van der Waals surface area contributed by atoms with Crippen LogP contribution in [0.5, 0.6) is 0 Å². The van der Waals surface area contributed by atoms with Crippen LogP contribution in [0.4, 0.5) is 11.4 Å². The summed E-state index contributed by atoms with van der Waals surface area (Å²) >= 11 is 1.55. The minimum Gasteiger partial charge on any atom is -0.326 e. The number of benzene rings is 2. The number of nitrogens with zero attached hydrogens (tertiary/aromatic N) is 1. The molecular weight excluding hydrogens is 296 g/mol. The number of amides is 2. The van der Waals surface area contributed by atoms with Gasteiger partial charge in [-0.15, -0.1) is 0 Å². The Morgan fingerprint density at radius 1 is 1.18 bits per heavy atom. The number of nitrogens with one attached hydrogen (secondary N) is 1. The SMILES string of the molecule is CCN1C(=O)c2ccccc2Sc2cc(NC(C)=O)ccc21. The molecule has 0 aliphatic carbocycles. The Labute approximate surface area is 133 Å². The maximum absolute atomic E-state index is 12.7. The number of hydrogen-bond donors (Lipinski definition) is 1. The molecule has 4 nitrogen and oxygen atoms in total. The smallest absolute Gasteiger partial charge is 0.259 e. The summed E-state index contributed by atoms with van der Waals surface area (Å²) in [7, 11) is 0. The Morgan fingerprint density at radius 3 is 2.68 bits per heavy atom. The standard InChI is InChI=1S/C17H16N2O2S/c1-3-19-14-9-8-12(18-11(2)20)10-16(14)22-15-7-5-4-6-13(15)17(19)21/h4-10H,3H2,1-2H3,(H,18,20). The van der Waals surface area contributed by atoms with Crippen molar-refractivity contribution in [3.05, 3.63) is 48.0 Å². The summed E-state index contributed by atoms with van der Waals surface area (Å²) in [5.74, 6) is -0.0981. The Hall–Kier alpha value is -2.27. The fraction of sp³-hybridized carbons (Fsp3) is 0.176. The molecule has 3 rings (SSSR count). The molecule has 1 aliphatic rings. The van der Waals surface area contributed by atoms with Gasteiger partial charge in [0.15, 0.2) is 0 Å². The van der Waals surface area contributed by atoms with Gasteiger partial charge >= 0.3 is 0 Å². The molecule has 0 unspecified atom stereocenters. The highest BCUT2D eigenvalue weighted by molar-refractivity contribution is 7.99. The molecule has 2 aromatic carbocycles. The summed E-state index contributed by atoms with van der Waals surface area (Å²) in [6.07, 6.45) is 0. The van der Waals surface area contributed by atoms with E-state index in [-0.39, 0.29) is 11.8 Å². The van der Waals surface area contributed by atoms with Crippen LogP contribution in [-0.2, 0) is 4.79 Å². The number of carbonyl (C=O) groups is 2. The molecule has 0 radical (unpaired) electrons. The Balaban J connectivity index is 2.13. The van der Waals surface area contributed by atoms with Crippen molar-refractivity contribution in [3.63, 3.8) is 0 Å². The van der Waals surface area contributed by atoms with Gasteiger partial charge in [-0.3, -0.25) is 9.59 Å². The van der Waals surface area contributed by atoms with Crippen molar-refractivity contribution in [1.29, 1.82) is 0 Å².